The lowest BCUT2D eigenvalue weighted by molar-refractivity contribution is -0.121. The van der Waals surface area contributed by atoms with E-state index >= 15 is 0 Å². The highest BCUT2D eigenvalue weighted by atomic mass is 16.5. The van der Waals surface area contributed by atoms with Crippen LogP contribution in [0, 0.1) is 5.92 Å². The molecule has 3 aromatic rings. The average Bonchev–Trinajstić information content (AvgIpc) is 3.34. The third-order valence-electron chi connectivity index (χ3n) is 4.80. The van der Waals surface area contributed by atoms with Gasteiger partial charge in [0, 0.05) is 12.0 Å². The highest BCUT2D eigenvalue weighted by Gasteiger charge is 2.28. The van der Waals surface area contributed by atoms with Gasteiger partial charge in [-0.1, -0.05) is 5.21 Å². The molecule has 1 fully saturated rings. The predicted molar refractivity (Wildman–Crippen MR) is 101 cm³/mol. The lowest BCUT2D eigenvalue weighted by Gasteiger charge is -2.12. The van der Waals surface area contributed by atoms with E-state index < -0.39 is 0 Å². The van der Waals surface area contributed by atoms with Gasteiger partial charge in [0.15, 0.2) is 11.2 Å². The summed E-state index contributed by atoms with van der Waals surface area (Å²) in [6.07, 6.45) is 3.93. The molecule has 0 radical (unpaired) electrons. The largest absolute Gasteiger partial charge is 0.491 e. The molecule has 0 bridgehead atoms. The Morgan fingerprint density at radius 1 is 1.32 bits per heavy atom. The molecule has 1 aliphatic carbocycles. The van der Waals surface area contributed by atoms with E-state index in [4.69, 9.17) is 15.6 Å². The number of nitrogens with one attached hydrogen (secondary N) is 1. The zero-order valence-corrected chi connectivity index (χ0v) is 15.2. The van der Waals surface area contributed by atoms with Crippen molar-refractivity contribution in [3.63, 3.8) is 0 Å². The molecule has 28 heavy (non-hydrogen) atoms. The monoisotopic (exact) mass is 383 g/mol. The minimum atomic E-state index is -0.255. The number of benzene rings is 1. The van der Waals surface area contributed by atoms with E-state index in [1.54, 1.807) is 23.0 Å². The Bertz CT molecular complexity index is 973. The number of aliphatic hydroxyl groups excluding tert-OH is 1. The number of nitrogens with zero attached hydrogens (tertiary/aromatic N) is 5. The third kappa shape index (κ3) is 3.72. The maximum absolute atomic E-state index is 11.3. The van der Waals surface area contributed by atoms with Crippen molar-refractivity contribution >= 4 is 23.0 Å². The summed E-state index contributed by atoms with van der Waals surface area (Å²) >= 11 is 0. The first-order valence-electron chi connectivity index (χ1n) is 9.12. The lowest BCUT2D eigenvalue weighted by Crippen LogP contribution is -2.23. The van der Waals surface area contributed by atoms with Crippen LogP contribution in [-0.2, 0) is 4.79 Å². The number of aromatic nitrogens is 5. The van der Waals surface area contributed by atoms with Crippen molar-refractivity contribution < 1.29 is 14.6 Å². The van der Waals surface area contributed by atoms with Crippen LogP contribution in [0.15, 0.2) is 30.5 Å². The SMILES string of the molecule is NC(=O)[C@@H]1CC[C@@H](Nc2ncc3nnn(-c4ccc(OCCO)cc4)c3n2)C1. The Hall–Kier alpha value is -3.27. The summed E-state index contributed by atoms with van der Waals surface area (Å²) in [5, 5.41) is 20.4. The van der Waals surface area contributed by atoms with Crippen LogP contribution in [0.3, 0.4) is 0 Å². The first-order chi connectivity index (χ1) is 13.6. The minimum absolute atomic E-state index is 0.0383. The number of nitrogens with two attached hydrogens (primary N) is 1. The number of ether oxygens (including phenoxy) is 1. The number of hydrogen-bond donors (Lipinski definition) is 3. The van der Waals surface area contributed by atoms with Crippen LogP contribution in [0.1, 0.15) is 19.3 Å². The molecule has 0 aliphatic heterocycles. The number of rotatable bonds is 7. The van der Waals surface area contributed by atoms with Gasteiger partial charge in [-0.2, -0.15) is 9.67 Å². The summed E-state index contributed by atoms with van der Waals surface area (Å²) in [5.74, 6) is 0.771. The van der Waals surface area contributed by atoms with Crippen LogP contribution in [0.4, 0.5) is 5.95 Å². The molecule has 2 aromatic heterocycles. The van der Waals surface area contributed by atoms with Crippen molar-refractivity contribution in [2.75, 3.05) is 18.5 Å². The topological polar surface area (TPSA) is 141 Å². The second-order valence-electron chi connectivity index (χ2n) is 6.72. The molecule has 1 amide bonds. The highest BCUT2D eigenvalue weighted by molar-refractivity contribution is 5.77. The molecule has 1 saturated carbocycles. The molecular weight excluding hydrogens is 362 g/mol. The molecule has 146 valence electrons. The van der Waals surface area contributed by atoms with E-state index in [1.807, 2.05) is 12.1 Å². The summed E-state index contributed by atoms with van der Waals surface area (Å²) < 4.78 is 6.99. The third-order valence-corrected chi connectivity index (χ3v) is 4.80. The Morgan fingerprint density at radius 3 is 2.86 bits per heavy atom. The number of amides is 1. The van der Waals surface area contributed by atoms with Gasteiger partial charge in [0.2, 0.25) is 11.9 Å². The van der Waals surface area contributed by atoms with Crippen LogP contribution in [0.2, 0.25) is 0 Å². The molecule has 2 heterocycles. The number of carbonyl (C=O) groups is 1. The zero-order chi connectivity index (χ0) is 19.5. The summed E-state index contributed by atoms with van der Waals surface area (Å²) in [6.45, 7) is 0.203. The maximum Gasteiger partial charge on any atom is 0.225 e. The molecular formula is C18H21N7O3. The molecule has 1 aromatic carbocycles. The van der Waals surface area contributed by atoms with Gasteiger partial charge < -0.3 is 20.9 Å². The fourth-order valence-corrected chi connectivity index (χ4v) is 3.37. The fraction of sp³-hybridized carbons (Fsp3) is 0.389. The van der Waals surface area contributed by atoms with E-state index in [2.05, 4.69) is 25.6 Å². The fourth-order valence-electron chi connectivity index (χ4n) is 3.37. The van der Waals surface area contributed by atoms with Gasteiger partial charge >= 0.3 is 0 Å². The summed E-state index contributed by atoms with van der Waals surface area (Å²) in [5.41, 5.74) is 7.32. The average molecular weight is 383 g/mol. The first-order valence-corrected chi connectivity index (χ1v) is 9.12. The number of carbonyl (C=O) groups excluding carboxylic acids is 1. The highest BCUT2D eigenvalue weighted by Crippen LogP contribution is 2.27. The Balaban J connectivity index is 1.54. The van der Waals surface area contributed by atoms with Crippen LogP contribution < -0.4 is 15.8 Å². The van der Waals surface area contributed by atoms with E-state index in [0.29, 0.717) is 29.3 Å². The zero-order valence-electron chi connectivity index (χ0n) is 15.2. The Labute approximate surface area is 160 Å². The van der Waals surface area contributed by atoms with Crippen molar-refractivity contribution in [3.8, 4) is 11.4 Å². The van der Waals surface area contributed by atoms with E-state index in [9.17, 15) is 4.79 Å². The summed E-state index contributed by atoms with van der Waals surface area (Å²) in [4.78, 5) is 20.2. The van der Waals surface area contributed by atoms with Crippen molar-refractivity contribution in [1.29, 1.82) is 0 Å². The summed E-state index contributed by atoms with van der Waals surface area (Å²) in [7, 11) is 0. The van der Waals surface area contributed by atoms with Crippen molar-refractivity contribution in [1.82, 2.24) is 25.0 Å². The first kappa shape index (κ1) is 18.1. The molecule has 1 aliphatic rings. The number of anilines is 1. The maximum atomic E-state index is 11.3. The normalized spacial score (nSPS) is 19.0. The number of primary amides is 1. The van der Waals surface area contributed by atoms with Crippen LogP contribution in [-0.4, -0.2) is 55.2 Å². The second-order valence-corrected chi connectivity index (χ2v) is 6.72. The Morgan fingerprint density at radius 2 is 2.14 bits per heavy atom. The predicted octanol–water partition coefficient (Wildman–Crippen LogP) is 0.647. The number of hydrogen-bond acceptors (Lipinski definition) is 8. The molecule has 10 heteroatoms. The van der Waals surface area contributed by atoms with Gasteiger partial charge in [-0.05, 0) is 43.5 Å². The standard InChI is InChI=1S/C18H21N7O3/c19-16(27)11-1-2-12(9-11)21-18-20-10-15-17(22-18)25(24-23-15)13-3-5-14(6-4-13)28-8-7-26/h3-6,10-12,26H,1-2,7-9H2,(H2,19,27)(H,20,21,22)/t11-,12-/m1/s1. The molecule has 4 rings (SSSR count). The molecule has 0 spiro atoms. The van der Waals surface area contributed by atoms with E-state index in [0.717, 1.165) is 18.5 Å². The van der Waals surface area contributed by atoms with Gasteiger partial charge in [-0.15, -0.1) is 5.10 Å². The summed E-state index contributed by atoms with van der Waals surface area (Å²) in [6, 6.07) is 7.37. The van der Waals surface area contributed by atoms with E-state index in [-0.39, 0.29) is 31.1 Å². The van der Waals surface area contributed by atoms with Gasteiger partial charge in [-0.25, -0.2) is 4.98 Å². The molecule has 2 atom stereocenters. The smallest absolute Gasteiger partial charge is 0.225 e. The molecule has 4 N–H and O–H groups in total. The van der Waals surface area contributed by atoms with Gasteiger partial charge in [0.25, 0.3) is 0 Å². The molecule has 0 unspecified atom stereocenters. The van der Waals surface area contributed by atoms with Crippen LogP contribution >= 0.6 is 0 Å². The van der Waals surface area contributed by atoms with Gasteiger partial charge in [0.1, 0.15) is 12.4 Å². The van der Waals surface area contributed by atoms with Crippen molar-refractivity contribution in [2.45, 2.75) is 25.3 Å². The minimum Gasteiger partial charge on any atom is -0.491 e. The van der Waals surface area contributed by atoms with Crippen molar-refractivity contribution in [3.05, 3.63) is 30.5 Å². The van der Waals surface area contributed by atoms with Gasteiger partial charge in [0.05, 0.1) is 18.5 Å². The Kier molecular flexibility index (Phi) is 5.02. The van der Waals surface area contributed by atoms with Crippen LogP contribution in [0.5, 0.6) is 5.75 Å². The quantitative estimate of drug-likeness (QED) is 0.540. The van der Waals surface area contributed by atoms with Crippen molar-refractivity contribution in [2.24, 2.45) is 11.7 Å². The van der Waals surface area contributed by atoms with Gasteiger partial charge in [-0.3, -0.25) is 4.79 Å². The molecule has 10 nitrogen and oxygen atoms in total. The number of fused-ring (bicyclic) bond motifs is 1. The van der Waals surface area contributed by atoms with Crippen LogP contribution in [0.25, 0.3) is 16.9 Å². The second kappa shape index (κ2) is 7.77. The lowest BCUT2D eigenvalue weighted by atomic mass is 10.1. The van der Waals surface area contributed by atoms with E-state index in [1.165, 1.54) is 0 Å². The number of aliphatic hydroxyl groups is 1. The molecule has 0 saturated heterocycles.